The van der Waals surface area contributed by atoms with E-state index in [4.69, 9.17) is 12.7 Å². The number of pyridine rings is 1. The second-order valence-corrected chi connectivity index (χ2v) is 5.17. The highest BCUT2D eigenvalue weighted by molar-refractivity contribution is 7.92. The predicted octanol–water partition coefficient (Wildman–Crippen LogP) is 2.34. The minimum atomic E-state index is 0.163. The number of hydrogen-bond acceptors (Lipinski definition) is 4. The highest BCUT2D eigenvalue weighted by Crippen LogP contribution is 2.24. The van der Waals surface area contributed by atoms with Gasteiger partial charge in [0.05, 0.1) is 5.52 Å². The highest BCUT2D eigenvalue weighted by Gasteiger charge is 2.21. The first-order valence-corrected chi connectivity index (χ1v) is 6.85. The Bertz CT molecular complexity index is 579. The third-order valence-electron chi connectivity index (χ3n) is 3.43. The summed E-state index contributed by atoms with van der Waals surface area (Å²) in [5.41, 5.74) is 0.758. The van der Waals surface area contributed by atoms with Crippen molar-refractivity contribution in [3.8, 4) is 5.88 Å². The van der Waals surface area contributed by atoms with Gasteiger partial charge in [-0.05, 0) is 25.5 Å². The number of ether oxygens (including phenoxy) is 1. The molecule has 1 aliphatic rings. The van der Waals surface area contributed by atoms with Crippen molar-refractivity contribution in [3.63, 3.8) is 0 Å². The fraction of sp³-hybridized carbons (Fsp3) is 0.417. The van der Waals surface area contributed by atoms with Gasteiger partial charge in [0.1, 0.15) is 6.61 Å². The maximum absolute atomic E-state index is 12.7. The van der Waals surface area contributed by atoms with Crippen LogP contribution in [-0.4, -0.2) is 40.9 Å². The van der Waals surface area contributed by atoms with Gasteiger partial charge in [-0.2, -0.15) is 0 Å². The van der Waals surface area contributed by atoms with Crippen LogP contribution in [0.5, 0.6) is 5.88 Å². The van der Waals surface area contributed by atoms with Gasteiger partial charge < -0.3 is 9.55 Å². The van der Waals surface area contributed by atoms with Crippen LogP contribution in [0.1, 0.15) is 12.8 Å². The molecule has 3 rings (SSSR count). The van der Waals surface area contributed by atoms with Gasteiger partial charge in [0.25, 0.3) is 0 Å². The van der Waals surface area contributed by atoms with Crippen LogP contribution >= 0.6 is 12.3 Å². The minimum Gasteiger partial charge on any atom is -0.476 e. The molecule has 1 unspecified atom stereocenters. The Kier molecular flexibility index (Phi) is 3.66. The molecule has 0 N–H and O–H groups in total. The molecular formula is C12H13BFN3OS. The van der Waals surface area contributed by atoms with Crippen molar-refractivity contribution in [1.82, 2.24) is 13.8 Å². The average Bonchev–Trinajstić information content (AvgIpc) is 3.02. The number of nitrogens with zero attached hydrogens (tertiary/aromatic N) is 3. The largest absolute Gasteiger partial charge is 0.476 e. The summed E-state index contributed by atoms with van der Waals surface area (Å²) in [7, 11) is 5.84. The van der Waals surface area contributed by atoms with E-state index in [2.05, 4.69) is 4.98 Å². The van der Waals surface area contributed by atoms with Crippen LogP contribution in [0.25, 0.3) is 10.9 Å². The van der Waals surface area contributed by atoms with Gasteiger partial charge in [0.15, 0.2) is 20.3 Å². The van der Waals surface area contributed by atoms with Crippen molar-refractivity contribution >= 4 is 31.2 Å². The number of aromatic nitrogens is 2. The van der Waals surface area contributed by atoms with E-state index in [1.807, 2.05) is 6.07 Å². The lowest BCUT2D eigenvalue weighted by molar-refractivity contribution is 0.229. The second kappa shape index (κ2) is 5.42. The van der Waals surface area contributed by atoms with Crippen LogP contribution in [0.2, 0.25) is 0 Å². The molecule has 1 saturated heterocycles. The van der Waals surface area contributed by atoms with E-state index in [0.29, 0.717) is 12.5 Å². The summed E-state index contributed by atoms with van der Waals surface area (Å²) >= 11 is 0.163. The molecular weight excluding hydrogens is 264 g/mol. The second-order valence-electron chi connectivity index (χ2n) is 4.64. The number of fused-ring (bicyclic) bond motifs is 1. The number of hydrogen-bond donors (Lipinski definition) is 0. The lowest BCUT2D eigenvalue weighted by atomic mass is 10.2. The van der Waals surface area contributed by atoms with Crippen LogP contribution in [-0.2, 0) is 0 Å². The summed E-state index contributed by atoms with van der Waals surface area (Å²) < 4.78 is 19.8. The molecule has 3 heterocycles. The lowest BCUT2D eigenvalue weighted by Crippen LogP contribution is -2.31. The van der Waals surface area contributed by atoms with Crippen LogP contribution in [0, 0.1) is 0 Å². The molecule has 0 aliphatic carbocycles. The molecule has 0 spiro atoms. The number of halogens is 1. The maximum atomic E-state index is 12.7. The highest BCUT2D eigenvalue weighted by atomic mass is 32.2. The first-order chi connectivity index (χ1) is 9.28. The van der Waals surface area contributed by atoms with E-state index >= 15 is 0 Å². The van der Waals surface area contributed by atoms with Gasteiger partial charge in [-0.3, -0.25) is 3.97 Å². The molecule has 98 valence electrons. The number of rotatable bonds is 4. The molecule has 19 heavy (non-hydrogen) atoms. The van der Waals surface area contributed by atoms with Crippen LogP contribution < -0.4 is 4.74 Å². The van der Waals surface area contributed by atoms with E-state index in [0.717, 1.165) is 30.3 Å². The van der Waals surface area contributed by atoms with E-state index in [1.54, 1.807) is 23.3 Å². The van der Waals surface area contributed by atoms with Crippen molar-refractivity contribution in [1.29, 1.82) is 0 Å². The summed E-state index contributed by atoms with van der Waals surface area (Å²) in [5.74, 6) is 0.502. The summed E-state index contributed by atoms with van der Waals surface area (Å²) in [6.07, 6.45) is 5.49. The first kappa shape index (κ1) is 12.8. The van der Waals surface area contributed by atoms with Gasteiger partial charge in [-0.15, -0.1) is 3.89 Å². The molecule has 0 aromatic carbocycles. The Balaban J connectivity index is 1.73. The summed E-state index contributed by atoms with van der Waals surface area (Å²) in [4.78, 5) is 6.02. The standard InChI is InChI=1S/C12H13BFN3OS/c13-16-4-1-2-10(16)8-18-12-6-11-9(7-15-12)3-5-17(11)19-14/h3,5-7,10H,1-2,4,8H2. The summed E-state index contributed by atoms with van der Waals surface area (Å²) in [6, 6.07) is 3.80. The first-order valence-electron chi connectivity index (χ1n) is 6.18. The Labute approximate surface area is 116 Å². The van der Waals surface area contributed by atoms with E-state index in [1.165, 1.54) is 3.97 Å². The molecule has 4 nitrogen and oxygen atoms in total. The van der Waals surface area contributed by atoms with Gasteiger partial charge in [-0.1, -0.05) is 0 Å². The molecule has 1 aliphatic heterocycles. The quantitative estimate of drug-likeness (QED) is 0.802. The van der Waals surface area contributed by atoms with Crippen molar-refractivity contribution in [3.05, 3.63) is 24.5 Å². The van der Waals surface area contributed by atoms with Crippen molar-refractivity contribution in [2.24, 2.45) is 0 Å². The van der Waals surface area contributed by atoms with Gasteiger partial charge in [-0.25, -0.2) is 4.98 Å². The van der Waals surface area contributed by atoms with E-state index in [-0.39, 0.29) is 18.4 Å². The van der Waals surface area contributed by atoms with Gasteiger partial charge >= 0.3 is 0 Å². The predicted molar refractivity (Wildman–Crippen MR) is 74.8 cm³/mol. The molecule has 1 fully saturated rings. The summed E-state index contributed by atoms with van der Waals surface area (Å²) in [6.45, 7) is 1.42. The van der Waals surface area contributed by atoms with Gasteiger partial charge in [0, 0.05) is 29.9 Å². The third-order valence-corrected chi connectivity index (χ3v) is 3.90. The molecule has 0 amide bonds. The zero-order valence-corrected chi connectivity index (χ0v) is 11.1. The van der Waals surface area contributed by atoms with Crippen molar-refractivity contribution in [2.75, 3.05) is 13.2 Å². The Hall–Kier alpha value is -1.21. The van der Waals surface area contributed by atoms with Gasteiger partial charge in [0.2, 0.25) is 5.88 Å². The van der Waals surface area contributed by atoms with Crippen molar-refractivity contribution in [2.45, 2.75) is 18.9 Å². The molecule has 2 aromatic heterocycles. The Morgan fingerprint density at radius 2 is 2.47 bits per heavy atom. The minimum absolute atomic E-state index is 0.163. The molecule has 2 radical (unpaired) electrons. The zero-order valence-electron chi connectivity index (χ0n) is 10.3. The third kappa shape index (κ3) is 2.57. The van der Waals surface area contributed by atoms with Crippen LogP contribution in [0.4, 0.5) is 3.89 Å². The molecule has 0 bridgehead atoms. The topological polar surface area (TPSA) is 30.3 Å². The average molecular weight is 277 g/mol. The van der Waals surface area contributed by atoms with E-state index < -0.39 is 0 Å². The summed E-state index contributed by atoms with van der Waals surface area (Å²) in [5, 5.41) is 0.888. The molecule has 0 saturated carbocycles. The lowest BCUT2D eigenvalue weighted by Gasteiger charge is -2.19. The molecule has 7 heteroatoms. The fourth-order valence-electron chi connectivity index (χ4n) is 2.34. The van der Waals surface area contributed by atoms with E-state index in [9.17, 15) is 3.89 Å². The van der Waals surface area contributed by atoms with Crippen molar-refractivity contribution < 1.29 is 8.62 Å². The zero-order chi connectivity index (χ0) is 13.2. The Morgan fingerprint density at radius 1 is 1.58 bits per heavy atom. The van der Waals surface area contributed by atoms with Crippen LogP contribution in [0.3, 0.4) is 0 Å². The van der Waals surface area contributed by atoms with Crippen LogP contribution in [0.15, 0.2) is 24.5 Å². The monoisotopic (exact) mass is 277 g/mol. The SMILES string of the molecule is [B]N1CCCC1COc1cc2c(ccn2SF)cn1. The normalized spacial score (nSPS) is 20.2. The smallest absolute Gasteiger partial charge is 0.215 e. The Morgan fingerprint density at radius 3 is 3.21 bits per heavy atom. The molecule has 2 aromatic rings. The molecule has 1 atom stereocenters. The maximum Gasteiger partial charge on any atom is 0.215 e. The fourth-order valence-corrected chi connectivity index (χ4v) is 2.68.